The third-order valence-electron chi connectivity index (χ3n) is 4.77. The Kier molecular flexibility index (Phi) is 7.06. The van der Waals surface area contributed by atoms with Crippen LogP contribution in [0.4, 0.5) is 19.4 Å². The first kappa shape index (κ1) is 24.2. The summed E-state index contributed by atoms with van der Waals surface area (Å²) in [5.41, 5.74) is 1.07. The molecule has 2 aromatic rings. The lowest BCUT2D eigenvalue weighted by atomic mass is 10.0. The van der Waals surface area contributed by atoms with Gasteiger partial charge in [0.25, 0.3) is 5.92 Å². The summed E-state index contributed by atoms with van der Waals surface area (Å²) in [6.07, 6.45) is 2.81. The molecule has 1 N–H and O–H groups in total. The molecule has 0 aromatic carbocycles. The molecule has 0 bridgehead atoms. The molecule has 0 aliphatic carbocycles. The van der Waals surface area contributed by atoms with Gasteiger partial charge in [-0.1, -0.05) is 24.9 Å². The van der Waals surface area contributed by atoms with E-state index in [0.717, 1.165) is 17.4 Å². The zero-order valence-corrected chi connectivity index (χ0v) is 19.6. The van der Waals surface area contributed by atoms with Gasteiger partial charge >= 0.3 is 6.03 Å². The van der Waals surface area contributed by atoms with Crippen molar-refractivity contribution in [3.8, 4) is 5.88 Å². The van der Waals surface area contributed by atoms with Crippen LogP contribution in [0.15, 0.2) is 65.0 Å². The summed E-state index contributed by atoms with van der Waals surface area (Å²) < 4.78 is 38.9. The molecule has 0 radical (unpaired) electrons. The fourth-order valence-electron chi connectivity index (χ4n) is 2.97. The number of carbonyl (C=O) groups is 1. The molecule has 2 amide bonds. The van der Waals surface area contributed by atoms with Crippen LogP contribution in [0.3, 0.4) is 0 Å². The highest BCUT2D eigenvalue weighted by Gasteiger charge is 2.35. The second kappa shape index (κ2) is 9.62. The summed E-state index contributed by atoms with van der Waals surface area (Å²) in [4.78, 5) is 23.0. The number of aromatic nitrogens is 2. The van der Waals surface area contributed by atoms with Gasteiger partial charge in [0.15, 0.2) is 0 Å². The van der Waals surface area contributed by atoms with Crippen LogP contribution >= 0.6 is 11.8 Å². The van der Waals surface area contributed by atoms with Crippen molar-refractivity contribution in [2.45, 2.75) is 29.7 Å². The monoisotopic (exact) mass is 474 g/mol. The van der Waals surface area contributed by atoms with Gasteiger partial charge in [0.05, 0.1) is 17.7 Å². The first-order valence-corrected chi connectivity index (χ1v) is 10.7. The number of urea groups is 1. The maximum absolute atomic E-state index is 14.1. The van der Waals surface area contributed by atoms with E-state index in [1.807, 2.05) is 13.0 Å². The molecule has 174 valence electrons. The predicted molar refractivity (Wildman–Crippen MR) is 123 cm³/mol. The van der Waals surface area contributed by atoms with E-state index in [-0.39, 0.29) is 12.4 Å². The average Bonchev–Trinajstić information content (AvgIpc) is 2.76. The van der Waals surface area contributed by atoms with Crippen LogP contribution in [0, 0.1) is 6.92 Å². The standard InChI is InChI=1S/C23H24F2N4O3S/c1-13-11-18(23(4,24)25)29(5)22(30)28-19-16(13)10-14(2)21(27-19)33-17-8-7-9-26-20(17)32-12-15(3)31-6/h7-11H,1,3,12H2,2,4-6H3,(H,27,28,30)/b18-11-. The number of hydrogen-bond acceptors (Lipinski definition) is 6. The van der Waals surface area contributed by atoms with Gasteiger partial charge in [-0.3, -0.25) is 10.2 Å². The molecule has 1 aliphatic heterocycles. The van der Waals surface area contributed by atoms with Gasteiger partial charge in [0.2, 0.25) is 5.88 Å². The Balaban J connectivity index is 1.98. The normalized spacial score (nSPS) is 15.6. The minimum atomic E-state index is -3.23. The molecule has 0 saturated heterocycles. The third kappa shape index (κ3) is 5.51. The van der Waals surface area contributed by atoms with E-state index in [4.69, 9.17) is 9.47 Å². The van der Waals surface area contributed by atoms with Crippen molar-refractivity contribution in [3.05, 3.63) is 66.2 Å². The van der Waals surface area contributed by atoms with Crippen molar-refractivity contribution in [1.29, 1.82) is 0 Å². The van der Waals surface area contributed by atoms with Gasteiger partial charge in [0.1, 0.15) is 23.2 Å². The lowest BCUT2D eigenvalue weighted by molar-refractivity contribution is 0.0409. The fourth-order valence-corrected chi connectivity index (χ4v) is 3.88. The number of anilines is 1. The molecular formula is C23H24F2N4O3S. The molecule has 0 unspecified atom stereocenters. The molecule has 7 nitrogen and oxygen atoms in total. The number of nitrogens with zero attached hydrogens (tertiary/aromatic N) is 3. The highest BCUT2D eigenvalue weighted by molar-refractivity contribution is 7.99. The molecule has 33 heavy (non-hydrogen) atoms. The first-order valence-electron chi connectivity index (χ1n) is 9.84. The van der Waals surface area contributed by atoms with Gasteiger partial charge in [-0.25, -0.2) is 23.5 Å². The van der Waals surface area contributed by atoms with E-state index in [9.17, 15) is 13.6 Å². The quantitative estimate of drug-likeness (QED) is 0.534. The Morgan fingerprint density at radius 1 is 1.39 bits per heavy atom. The van der Waals surface area contributed by atoms with Crippen molar-refractivity contribution in [3.63, 3.8) is 0 Å². The van der Waals surface area contributed by atoms with Crippen molar-refractivity contribution < 1.29 is 23.0 Å². The van der Waals surface area contributed by atoms with Gasteiger partial charge in [-0.2, -0.15) is 0 Å². The topological polar surface area (TPSA) is 76.6 Å². The maximum Gasteiger partial charge on any atom is 0.327 e. The maximum atomic E-state index is 14.1. The molecule has 1 aliphatic rings. The van der Waals surface area contributed by atoms with Crippen LogP contribution in [0.1, 0.15) is 18.1 Å². The summed E-state index contributed by atoms with van der Waals surface area (Å²) >= 11 is 1.29. The van der Waals surface area contributed by atoms with Crippen molar-refractivity contribution in [2.24, 2.45) is 0 Å². The third-order valence-corrected chi connectivity index (χ3v) is 5.90. The molecule has 2 aromatic heterocycles. The number of amides is 2. The number of alkyl halides is 2. The van der Waals surface area contributed by atoms with Crippen molar-refractivity contribution >= 4 is 29.2 Å². The smallest absolute Gasteiger partial charge is 0.327 e. The number of carbonyl (C=O) groups excluding carboxylic acids is 1. The second-order valence-corrected chi connectivity index (χ2v) is 8.41. The Morgan fingerprint density at radius 2 is 2.12 bits per heavy atom. The first-order chi connectivity index (χ1) is 15.5. The summed E-state index contributed by atoms with van der Waals surface area (Å²) in [6.45, 7) is 10.3. The molecule has 3 rings (SSSR count). The highest BCUT2D eigenvalue weighted by Crippen LogP contribution is 2.38. The summed E-state index contributed by atoms with van der Waals surface area (Å²) in [7, 11) is 2.78. The summed E-state index contributed by atoms with van der Waals surface area (Å²) in [5, 5.41) is 3.19. The Bertz CT molecular complexity index is 1150. The minimum absolute atomic E-state index is 0.136. The van der Waals surface area contributed by atoms with Crippen molar-refractivity contribution in [1.82, 2.24) is 14.9 Å². The average molecular weight is 475 g/mol. The van der Waals surface area contributed by atoms with E-state index < -0.39 is 17.7 Å². The number of pyridine rings is 2. The molecule has 0 saturated carbocycles. The van der Waals surface area contributed by atoms with E-state index in [1.54, 1.807) is 18.3 Å². The van der Waals surface area contributed by atoms with Crippen LogP contribution in [-0.2, 0) is 4.74 Å². The van der Waals surface area contributed by atoms with Crippen LogP contribution in [-0.4, -0.2) is 47.6 Å². The summed E-state index contributed by atoms with van der Waals surface area (Å²) in [5.74, 6) is -2.18. The number of fused-ring (bicyclic) bond motifs is 1. The van der Waals surface area contributed by atoms with E-state index in [1.165, 1.54) is 32.0 Å². The molecule has 0 atom stereocenters. The SMILES string of the molecule is C=C(COc1ncccc1Sc1nc2c(cc1C)C(=C)/C=C(/C(C)(F)F)N(C)C(=O)N2)OC. The number of hydrogen-bond donors (Lipinski definition) is 1. The second-order valence-electron chi connectivity index (χ2n) is 7.38. The minimum Gasteiger partial charge on any atom is -0.498 e. The van der Waals surface area contributed by atoms with E-state index in [0.29, 0.717) is 32.7 Å². The Hall–Kier alpha value is -3.40. The molecular weight excluding hydrogens is 450 g/mol. The van der Waals surface area contributed by atoms with E-state index >= 15 is 0 Å². The van der Waals surface area contributed by atoms with Gasteiger partial charge in [-0.15, -0.1) is 0 Å². The molecule has 0 fully saturated rings. The number of nitrogens with one attached hydrogen (secondary N) is 1. The van der Waals surface area contributed by atoms with Gasteiger partial charge < -0.3 is 9.47 Å². The zero-order valence-electron chi connectivity index (χ0n) is 18.7. The number of aryl methyl sites for hydroxylation is 1. The number of allylic oxidation sites excluding steroid dienone is 3. The van der Waals surface area contributed by atoms with Crippen LogP contribution in [0.5, 0.6) is 5.88 Å². The largest absolute Gasteiger partial charge is 0.498 e. The molecule has 10 heteroatoms. The van der Waals surface area contributed by atoms with Crippen LogP contribution in [0.25, 0.3) is 5.57 Å². The number of rotatable bonds is 7. The lowest BCUT2D eigenvalue weighted by Gasteiger charge is -2.28. The van der Waals surface area contributed by atoms with Gasteiger partial charge in [0, 0.05) is 25.7 Å². The van der Waals surface area contributed by atoms with Gasteiger partial charge in [-0.05, 0) is 42.3 Å². The van der Waals surface area contributed by atoms with Crippen LogP contribution < -0.4 is 10.1 Å². The van der Waals surface area contributed by atoms with Crippen molar-refractivity contribution in [2.75, 3.05) is 26.1 Å². The lowest BCUT2D eigenvalue weighted by Crippen LogP contribution is -2.38. The number of methoxy groups -OCH3 is 1. The van der Waals surface area contributed by atoms with Crippen LogP contribution in [0.2, 0.25) is 0 Å². The zero-order chi connectivity index (χ0) is 24.3. The highest BCUT2D eigenvalue weighted by atomic mass is 32.2. The predicted octanol–water partition coefficient (Wildman–Crippen LogP) is 5.50. The Labute approximate surface area is 195 Å². The number of halogens is 2. The fraction of sp³-hybridized carbons (Fsp3) is 0.261. The summed E-state index contributed by atoms with van der Waals surface area (Å²) in [6, 6.07) is 4.61. The number of ether oxygens (including phenoxy) is 2. The van der Waals surface area contributed by atoms with E-state index in [2.05, 4.69) is 28.4 Å². The molecule has 3 heterocycles. The molecule has 0 spiro atoms. The Morgan fingerprint density at radius 3 is 2.79 bits per heavy atom.